The lowest BCUT2D eigenvalue weighted by Crippen LogP contribution is -2.19. The molecule has 0 saturated carbocycles. The van der Waals surface area contributed by atoms with Gasteiger partial charge >= 0.3 is 0 Å². The summed E-state index contributed by atoms with van der Waals surface area (Å²) in [6.45, 7) is 7.43. The van der Waals surface area contributed by atoms with Crippen molar-refractivity contribution in [1.82, 2.24) is 0 Å². The predicted molar refractivity (Wildman–Crippen MR) is 63.9 cm³/mol. The molecule has 0 fully saturated rings. The van der Waals surface area contributed by atoms with E-state index in [0.29, 0.717) is 0 Å². The van der Waals surface area contributed by atoms with Gasteiger partial charge in [0.2, 0.25) is 0 Å². The summed E-state index contributed by atoms with van der Waals surface area (Å²) in [7, 11) is -0.766. The van der Waals surface area contributed by atoms with Gasteiger partial charge in [0.05, 0.1) is 0 Å². The predicted octanol–water partition coefficient (Wildman–Crippen LogP) is 4.46. The Labute approximate surface area is 84.4 Å². The van der Waals surface area contributed by atoms with Crippen LogP contribution in [0.4, 0.5) is 0 Å². The maximum absolute atomic E-state index is 2.48. The molecule has 0 aromatic carbocycles. The van der Waals surface area contributed by atoms with E-state index in [9.17, 15) is 0 Å². The zero-order chi connectivity index (χ0) is 9.73. The summed E-state index contributed by atoms with van der Waals surface area (Å²) >= 11 is 0. The second-order valence-corrected chi connectivity index (χ2v) is 11.2. The first-order valence-electron chi connectivity index (χ1n) is 5.74. The van der Waals surface area contributed by atoms with Crippen molar-refractivity contribution in [3.8, 4) is 0 Å². The van der Waals surface area contributed by atoms with Crippen molar-refractivity contribution in [3.63, 3.8) is 0 Å². The monoisotopic (exact) mass is 196 g/mol. The van der Waals surface area contributed by atoms with Crippen molar-refractivity contribution in [3.05, 3.63) is 12.2 Å². The van der Waals surface area contributed by atoms with Gasteiger partial charge in [0.1, 0.15) is 0 Å². The summed E-state index contributed by atoms with van der Waals surface area (Å²) in [6, 6.07) is 1.51. The first kappa shape index (κ1) is 11.0. The second kappa shape index (κ2) is 4.99. The van der Waals surface area contributed by atoms with Gasteiger partial charge in [-0.25, -0.2) is 0 Å². The summed E-state index contributed by atoms with van der Waals surface area (Å²) in [5, 5.41) is 0. The van der Waals surface area contributed by atoms with Gasteiger partial charge in [0.25, 0.3) is 0 Å². The Bertz CT molecular complexity index is 164. The van der Waals surface area contributed by atoms with Crippen LogP contribution in [0.2, 0.25) is 25.7 Å². The van der Waals surface area contributed by atoms with E-state index in [1.807, 2.05) is 0 Å². The minimum atomic E-state index is -0.766. The van der Waals surface area contributed by atoms with E-state index in [4.69, 9.17) is 0 Å². The van der Waals surface area contributed by atoms with Crippen LogP contribution < -0.4 is 0 Å². The average Bonchev–Trinajstić information content (AvgIpc) is 2.04. The van der Waals surface area contributed by atoms with Crippen molar-refractivity contribution in [2.45, 2.75) is 57.8 Å². The summed E-state index contributed by atoms with van der Waals surface area (Å²) in [6.07, 6.45) is 11.9. The van der Waals surface area contributed by atoms with Crippen molar-refractivity contribution >= 4 is 8.07 Å². The van der Waals surface area contributed by atoms with Gasteiger partial charge < -0.3 is 0 Å². The van der Waals surface area contributed by atoms with E-state index < -0.39 is 8.07 Å². The maximum atomic E-state index is 2.48. The zero-order valence-corrected chi connectivity index (χ0v) is 10.5. The van der Waals surface area contributed by atoms with Crippen LogP contribution in [0, 0.1) is 5.92 Å². The Morgan fingerprint density at radius 3 is 2.62 bits per heavy atom. The van der Waals surface area contributed by atoms with Gasteiger partial charge in [0.15, 0.2) is 0 Å². The molecule has 0 nitrogen and oxygen atoms in total. The van der Waals surface area contributed by atoms with Gasteiger partial charge in [0, 0.05) is 8.07 Å². The Hall–Kier alpha value is -0.0431. The molecule has 13 heavy (non-hydrogen) atoms. The van der Waals surface area contributed by atoms with Crippen molar-refractivity contribution < 1.29 is 0 Å². The average molecular weight is 196 g/mol. The maximum Gasteiger partial charge on any atom is 0.0442 e. The van der Waals surface area contributed by atoms with Crippen LogP contribution in [0.5, 0.6) is 0 Å². The molecule has 0 unspecified atom stereocenters. The highest BCUT2D eigenvalue weighted by atomic mass is 28.3. The number of hydrogen-bond donors (Lipinski definition) is 0. The normalized spacial score (nSPS) is 23.5. The minimum absolute atomic E-state index is 0.766. The molecular formula is C12H24Si. The van der Waals surface area contributed by atoms with Crippen LogP contribution in [0.25, 0.3) is 0 Å². The SMILES string of the molecule is C[Si](C)(C)CCC[C@H]1C=CCCC1. The second-order valence-electron chi connectivity index (χ2n) is 5.57. The van der Waals surface area contributed by atoms with E-state index >= 15 is 0 Å². The summed E-state index contributed by atoms with van der Waals surface area (Å²) in [5.41, 5.74) is 0. The third-order valence-electron chi connectivity index (χ3n) is 2.86. The van der Waals surface area contributed by atoms with Gasteiger partial charge in [-0.3, -0.25) is 0 Å². The molecule has 1 aliphatic carbocycles. The fraction of sp³-hybridized carbons (Fsp3) is 0.833. The third-order valence-corrected chi connectivity index (χ3v) is 4.71. The molecule has 0 saturated heterocycles. The Morgan fingerprint density at radius 2 is 2.08 bits per heavy atom. The smallest absolute Gasteiger partial charge is 0.0442 e. The number of hydrogen-bond acceptors (Lipinski definition) is 0. The van der Waals surface area contributed by atoms with E-state index in [1.165, 1.54) is 38.1 Å². The van der Waals surface area contributed by atoms with E-state index in [-0.39, 0.29) is 0 Å². The fourth-order valence-electron chi connectivity index (χ4n) is 2.02. The van der Waals surface area contributed by atoms with Crippen molar-refractivity contribution in [2.24, 2.45) is 5.92 Å². The van der Waals surface area contributed by atoms with E-state index in [2.05, 4.69) is 31.8 Å². The molecule has 0 aromatic rings. The fourth-order valence-corrected chi connectivity index (χ4v) is 3.28. The van der Waals surface area contributed by atoms with Gasteiger partial charge in [-0.1, -0.05) is 44.3 Å². The van der Waals surface area contributed by atoms with E-state index in [0.717, 1.165) is 5.92 Å². The third kappa shape index (κ3) is 5.30. The molecule has 1 rings (SSSR count). The van der Waals surface area contributed by atoms with Crippen LogP contribution in [-0.4, -0.2) is 8.07 Å². The number of allylic oxidation sites excluding steroid dienone is 2. The molecule has 0 heterocycles. The molecule has 0 spiro atoms. The molecule has 0 N–H and O–H groups in total. The Kier molecular flexibility index (Phi) is 4.24. The molecule has 1 heteroatoms. The molecule has 0 bridgehead atoms. The largest absolute Gasteiger partial charge is 0.0883 e. The molecule has 0 aliphatic heterocycles. The lowest BCUT2D eigenvalue weighted by atomic mass is 9.92. The highest BCUT2D eigenvalue weighted by Crippen LogP contribution is 2.24. The van der Waals surface area contributed by atoms with Crippen molar-refractivity contribution in [1.29, 1.82) is 0 Å². The van der Waals surface area contributed by atoms with E-state index in [1.54, 1.807) is 0 Å². The molecule has 1 aliphatic rings. The lowest BCUT2D eigenvalue weighted by Gasteiger charge is -2.19. The molecule has 76 valence electrons. The standard InChI is InChI=1S/C12H24Si/c1-13(2,3)11-7-10-12-8-5-4-6-9-12/h5,8,12H,4,6-7,9-11H2,1-3H3/t12-/m0/s1. The van der Waals surface area contributed by atoms with Crippen LogP contribution in [-0.2, 0) is 0 Å². The van der Waals surface area contributed by atoms with Crippen LogP contribution >= 0.6 is 0 Å². The van der Waals surface area contributed by atoms with Crippen LogP contribution in [0.1, 0.15) is 32.1 Å². The first-order chi connectivity index (χ1) is 6.08. The quantitative estimate of drug-likeness (QED) is 0.460. The lowest BCUT2D eigenvalue weighted by molar-refractivity contribution is 0.498. The summed E-state index contributed by atoms with van der Waals surface area (Å²) < 4.78 is 0. The van der Waals surface area contributed by atoms with Crippen LogP contribution in [0.3, 0.4) is 0 Å². The highest BCUT2D eigenvalue weighted by Gasteiger charge is 2.14. The topological polar surface area (TPSA) is 0 Å². The summed E-state index contributed by atoms with van der Waals surface area (Å²) in [4.78, 5) is 0. The van der Waals surface area contributed by atoms with Crippen LogP contribution in [0.15, 0.2) is 12.2 Å². The zero-order valence-electron chi connectivity index (χ0n) is 9.47. The minimum Gasteiger partial charge on any atom is -0.0883 e. The molecular weight excluding hydrogens is 172 g/mol. The van der Waals surface area contributed by atoms with Gasteiger partial charge in [-0.2, -0.15) is 0 Å². The molecule has 0 aromatic heterocycles. The first-order valence-corrected chi connectivity index (χ1v) is 9.45. The van der Waals surface area contributed by atoms with Gasteiger partial charge in [-0.15, -0.1) is 0 Å². The number of rotatable bonds is 4. The molecule has 0 amide bonds. The summed E-state index contributed by atoms with van der Waals surface area (Å²) in [5.74, 6) is 0.921. The van der Waals surface area contributed by atoms with Crippen molar-refractivity contribution in [2.75, 3.05) is 0 Å². The highest BCUT2D eigenvalue weighted by molar-refractivity contribution is 6.76. The Morgan fingerprint density at radius 1 is 1.31 bits per heavy atom. The van der Waals surface area contributed by atoms with Gasteiger partial charge in [-0.05, 0) is 31.6 Å². The molecule has 1 atom stereocenters. The Balaban J connectivity index is 2.12. The molecule has 0 radical (unpaired) electrons.